The van der Waals surface area contributed by atoms with E-state index in [2.05, 4.69) is 32.2 Å². The molecule has 0 aromatic carbocycles. The Kier molecular flexibility index (Phi) is 7.50. The Hall–Kier alpha value is -1.36. The lowest BCUT2D eigenvalue weighted by Crippen LogP contribution is -2.52. The minimum atomic E-state index is -0.914. The topological polar surface area (TPSA) is 86.6 Å². The molecule has 1 amide bonds. The number of hydrogen-bond donors (Lipinski definition) is 3. The first kappa shape index (κ1) is 26.7. The zero-order valence-electron chi connectivity index (χ0n) is 22.7. The summed E-state index contributed by atoms with van der Waals surface area (Å²) in [7, 11) is 0. The van der Waals surface area contributed by atoms with E-state index in [0.29, 0.717) is 11.3 Å². The van der Waals surface area contributed by atoms with Gasteiger partial charge in [0.15, 0.2) is 0 Å². The molecule has 8 atom stereocenters. The molecule has 5 nitrogen and oxygen atoms in total. The standard InChI is InChI=1S/C30H49NO4/c1-19(12-15-28(2,3)35)23-8-9-24-22-7-6-20-18-21(31-26(32)10-11-27(33)34)13-16-29(20,4)25(22)14-17-30(23,24)5/h6,19,21-25,35H,7-18H2,1-5H3,(H,31,32)(H,33,34)/t19?,21-,22?,23+,24?,25?,29-,30+/m0/s1. The molecule has 0 aliphatic heterocycles. The molecule has 0 saturated heterocycles. The first-order valence-corrected chi connectivity index (χ1v) is 14.3. The smallest absolute Gasteiger partial charge is 0.303 e. The summed E-state index contributed by atoms with van der Waals surface area (Å²) >= 11 is 0. The van der Waals surface area contributed by atoms with Gasteiger partial charge in [0.2, 0.25) is 5.91 Å². The summed E-state index contributed by atoms with van der Waals surface area (Å²) in [5, 5.41) is 22.2. The highest BCUT2D eigenvalue weighted by molar-refractivity contribution is 5.80. The van der Waals surface area contributed by atoms with Gasteiger partial charge in [-0.1, -0.05) is 32.4 Å². The van der Waals surface area contributed by atoms with Crippen molar-refractivity contribution in [3.63, 3.8) is 0 Å². The van der Waals surface area contributed by atoms with Gasteiger partial charge in [0, 0.05) is 12.5 Å². The van der Waals surface area contributed by atoms with Crippen molar-refractivity contribution < 1.29 is 19.8 Å². The third-order valence-electron chi connectivity index (χ3n) is 11.0. The van der Waals surface area contributed by atoms with E-state index in [4.69, 9.17) is 5.11 Å². The van der Waals surface area contributed by atoms with Gasteiger partial charge < -0.3 is 15.5 Å². The molecule has 4 aliphatic rings. The molecule has 4 aliphatic carbocycles. The normalized spacial score (nSPS) is 39.6. The molecule has 0 radical (unpaired) electrons. The molecule has 3 fully saturated rings. The fourth-order valence-electron chi connectivity index (χ4n) is 9.06. The molecule has 4 unspecified atom stereocenters. The molecule has 0 bridgehead atoms. The molecule has 0 heterocycles. The van der Waals surface area contributed by atoms with Crippen LogP contribution in [0, 0.1) is 40.4 Å². The molecule has 35 heavy (non-hydrogen) atoms. The van der Waals surface area contributed by atoms with Crippen molar-refractivity contribution in [3.8, 4) is 0 Å². The molecule has 0 spiro atoms. The van der Waals surface area contributed by atoms with Crippen molar-refractivity contribution >= 4 is 11.9 Å². The number of aliphatic hydroxyl groups is 1. The Morgan fingerprint density at radius 2 is 1.86 bits per heavy atom. The third-order valence-corrected chi connectivity index (χ3v) is 11.0. The lowest BCUT2D eigenvalue weighted by atomic mass is 9.47. The van der Waals surface area contributed by atoms with Gasteiger partial charge in [-0.15, -0.1) is 0 Å². The highest BCUT2D eigenvalue weighted by atomic mass is 16.4. The van der Waals surface area contributed by atoms with Crippen LogP contribution in [0.25, 0.3) is 0 Å². The van der Waals surface area contributed by atoms with Crippen molar-refractivity contribution in [1.29, 1.82) is 0 Å². The van der Waals surface area contributed by atoms with E-state index in [1.54, 1.807) is 5.57 Å². The number of rotatable bonds is 8. The zero-order chi connectivity index (χ0) is 25.6. The number of carboxylic acids is 1. The Labute approximate surface area is 212 Å². The van der Waals surface area contributed by atoms with Crippen LogP contribution in [0.3, 0.4) is 0 Å². The third kappa shape index (κ3) is 5.36. The fourth-order valence-corrected chi connectivity index (χ4v) is 9.06. The molecule has 3 N–H and O–H groups in total. The van der Waals surface area contributed by atoms with Crippen molar-refractivity contribution in [1.82, 2.24) is 5.32 Å². The number of allylic oxidation sites excluding steroid dienone is 1. The number of aliphatic carboxylic acids is 1. The molecule has 0 aromatic rings. The van der Waals surface area contributed by atoms with Crippen LogP contribution in [0.2, 0.25) is 0 Å². The Bertz CT molecular complexity index is 844. The number of amides is 1. The minimum Gasteiger partial charge on any atom is -0.481 e. The van der Waals surface area contributed by atoms with E-state index in [-0.39, 0.29) is 30.2 Å². The molecular weight excluding hydrogens is 438 g/mol. The van der Waals surface area contributed by atoms with Gasteiger partial charge in [0.1, 0.15) is 0 Å². The van der Waals surface area contributed by atoms with Crippen LogP contribution in [-0.2, 0) is 9.59 Å². The maximum atomic E-state index is 12.2. The molecule has 5 heteroatoms. The summed E-state index contributed by atoms with van der Waals surface area (Å²) in [5.74, 6) is 2.72. The van der Waals surface area contributed by atoms with Crippen LogP contribution in [0.4, 0.5) is 0 Å². The lowest BCUT2D eigenvalue weighted by Gasteiger charge is -2.58. The Balaban J connectivity index is 1.42. The largest absolute Gasteiger partial charge is 0.481 e. The van der Waals surface area contributed by atoms with Gasteiger partial charge >= 0.3 is 5.97 Å². The maximum Gasteiger partial charge on any atom is 0.303 e. The van der Waals surface area contributed by atoms with Gasteiger partial charge in [-0.25, -0.2) is 0 Å². The number of carbonyl (C=O) groups excluding carboxylic acids is 1. The van der Waals surface area contributed by atoms with Gasteiger partial charge in [-0.2, -0.15) is 0 Å². The molecule has 3 saturated carbocycles. The average molecular weight is 488 g/mol. The quantitative estimate of drug-likeness (QED) is 0.361. The van der Waals surface area contributed by atoms with Crippen LogP contribution in [0.15, 0.2) is 11.6 Å². The molecule has 0 aromatic heterocycles. The average Bonchev–Trinajstić information content (AvgIpc) is 3.13. The van der Waals surface area contributed by atoms with Gasteiger partial charge in [0.25, 0.3) is 0 Å². The minimum absolute atomic E-state index is 0.0719. The van der Waals surface area contributed by atoms with Crippen molar-refractivity contribution in [2.75, 3.05) is 0 Å². The fraction of sp³-hybridized carbons (Fsp3) is 0.867. The van der Waals surface area contributed by atoms with Gasteiger partial charge in [-0.05, 0) is 118 Å². The highest BCUT2D eigenvalue weighted by Crippen LogP contribution is 2.67. The van der Waals surface area contributed by atoms with Crippen LogP contribution in [0.1, 0.15) is 112 Å². The predicted molar refractivity (Wildman–Crippen MR) is 139 cm³/mol. The number of carboxylic acid groups (broad SMARTS) is 1. The van der Waals surface area contributed by atoms with E-state index in [0.717, 1.165) is 55.8 Å². The van der Waals surface area contributed by atoms with Gasteiger partial charge in [-0.3, -0.25) is 9.59 Å². The van der Waals surface area contributed by atoms with Crippen molar-refractivity contribution in [3.05, 3.63) is 11.6 Å². The summed E-state index contributed by atoms with van der Waals surface area (Å²) in [6.07, 6.45) is 14.1. The van der Waals surface area contributed by atoms with E-state index in [1.165, 1.54) is 32.1 Å². The maximum absolute atomic E-state index is 12.2. The van der Waals surface area contributed by atoms with E-state index >= 15 is 0 Å². The number of fused-ring (bicyclic) bond motifs is 5. The second-order valence-electron chi connectivity index (χ2n) is 13.7. The predicted octanol–water partition coefficient (Wildman–Crippen LogP) is 6.10. The van der Waals surface area contributed by atoms with Crippen LogP contribution < -0.4 is 5.32 Å². The van der Waals surface area contributed by atoms with Gasteiger partial charge in [0.05, 0.1) is 12.0 Å². The summed E-state index contributed by atoms with van der Waals surface area (Å²) in [4.78, 5) is 23.0. The van der Waals surface area contributed by atoms with E-state index < -0.39 is 11.6 Å². The second kappa shape index (κ2) is 9.84. The summed E-state index contributed by atoms with van der Waals surface area (Å²) in [6, 6.07) is 0.147. The second-order valence-corrected chi connectivity index (χ2v) is 13.7. The summed E-state index contributed by atoms with van der Waals surface area (Å²) in [5.41, 5.74) is 1.65. The molecule has 198 valence electrons. The number of carbonyl (C=O) groups is 2. The van der Waals surface area contributed by atoms with Crippen LogP contribution in [0.5, 0.6) is 0 Å². The zero-order valence-corrected chi connectivity index (χ0v) is 22.7. The molecular formula is C30H49NO4. The van der Waals surface area contributed by atoms with Crippen LogP contribution in [-0.4, -0.2) is 33.7 Å². The Morgan fingerprint density at radius 3 is 2.54 bits per heavy atom. The SMILES string of the molecule is CC(CCC(C)(C)O)[C@H]1CCC2C3CC=C4C[C@@H](NC(=O)CCC(=O)O)CC[C@]4(C)C3CC[C@@]21C. The molecule has 4 rings (SSSR count). The highest BCUT2D eigenvalue weighted by Gasteiger charge is 2.59. The number of nitrogens with one attached hydrogen (secondary N) is 1. The summed E-state index contributed by atoms with van der Waals surface area (Å²) < 4.78 is 0. The van der Waals surface area contributed by atoms with E-state index in [9.17, 15) is 14.7 Å². The summed E-state index contributed by atoms with van der Waals surface area (Å²) in [6.45, 7) is 11.4. The first-order chi connectivity index (χ1) is 16.3. The monoisotopic (exact) mass is 487 g/mol. The Morgan fingerprint density at radius 1 is 1.11 bits per heavy atom. The van der Waals surface area contributed by atoms with Crippen molar-refractivity contribution in [2.24, 2.45) is 40.4 Å². The van der Waals surface area contributed by atoms with Crippen molar-refractivity contribution in [2.45, 2.75) is 123 Å². The van der Waals surface area contributed by atoms with E-state index in [1.807, 2.05) is 13.8 Å². The van der Waals surface area contributed by atoms with Crippen LogP contribution >= 0.6 is 0 Å². The lowest BCUT2D eigenvalue weighted by molar-refractivity contribution is -0.139. The number of hydrogen-bond acceptors (Lipinski definition) is 3. The first-order valence-electron chi connectivity index (χ1n) is 14.3.